The molecule has 0 aromatic heterocycles. The average Bonchev–Trinajstić information content (AvgIpc) is 2.12. The Morgan fingerprint density at radius 1 is 1.43 bits per heavy atom. The van der Waals surface area contributed by atoms with Gasteiger partial charge in [0.1, 0.15) is 0 Å². The second-order valence-corrected chi connectivity index (χ2v) is 4.17. The number of rotatable bonds is 3. The van der Waals surface area contributed by atoms with Gasteiger partial charge in [0.15, 0.2) is 0 Å². The molecule has 0 aliphatic carbocycles. The lowest BCUT2D eigenvalue weighted by Gasteiger charge is -2.08. The van der Waals surface area contributed by atoms with E-state index in [1.165, 1.54) is 11.8 Å². The molecule has 1 amide bonds. The fraction of sp³-hybridized carbons (Fsp3) is 0.364. The van der Waals surface area contributed by atoms with E-state index < -0.39 is 0 Å². The third-order valence-corrected chi connectivity index (χ3v) is 2.49. The molecule has 0 spiro atoms. The zero-order valence-electron chi connectivity index (χ0n) is 8.76. The van der Waals surface area contributed by atoms with Crippen LogP contribution in [0.4, 0.5) is 5.69 Å². The Kier molecular flexibility index (Phi) is 4.01. The highest BCUT2D eigenvalue weighted by Gasteiger charge is 2.03. The molecule has 0 aliphatic rings. The van der Waals surface area contributed by atoms with Crippen LogP contribution < -0.4 is 5.32 Å². The average molecular weight is 209 g/mol. The number of carbonyl (C=O) groups excluding carboxylic acids is 1. The Morgan fingerprint density at radius 3 is 2.79 bits per heavy atom. The molecule has 2 nitrogen and oxygen atoms in total. The second kappa shape index (κ2) is 5.05. The molecule has 0 aliphatic heterocycles. The van der Waals surface area contributed by atoms with Crippen molar-refractivity contribution in [3.63, 3.8) is 0 Å². The first-order valence-corrected chi connectivity index (χ1v) is 5.89. The van der Waals surface area contributed by atoms with E-state index in [9.17, 15) is 4.79 Å². The topological polar surface area (TPSA) is 29.1 Å². The molecule has 0 heterocycles. The van der Waals surface area contributed by atoms with Crippen molar-refractivity contribution < 1.29 is 4.79 Å². The van der Waals surface area contributed by atoms with E-state index in [2.05, 4.69) is 5.32 Å². The molecule has 14 heavy (non-hydrogen) atoms. The van der Waals surface area contributed by atoms with Crippen LogP contribution in [0.1, 0.15) is 11.1 Å². The Labute approximate surface area is 89.1 Å². The molecule has 1 aromatic carbocycles. The van der Waals surface area contributed by atoms with Crippen molar-refractivity contribution in [1.82, 2.24) is 0 Å². The SMILES string of the molecule is CSCC(=O)Nc1cc(C)ccc1C. The van der Waals surface area contributed by atoms with Crippen molar-refractivity contribution in [1.29, 1.82) is 0 Å². The van der Waals surface area contributed by atoms with Gasteiger partial charge in [-0.25, -0.2) is 0 Å². The van der Waals surface area contributed by atoms with Gasteiger partial charge in [-0.2, -0.15) is 11.8 Å². The summed E-state index contributed by atoms with van der Waals surface area (Å²) in [4.78, 5) is 11.3. The molecule has 0 bridgehead atoms. The van der Waals surface area contributed by atoms with Crippen LogP contribution in [0.3, 0.4) is 0 Å². The van der Waals surface area contributed by atoms with Crippen LogP contribution in [0.5, 0.6) is 0 Å². The van der Waals surface area contributed by atoms with Crippen LogP contribution in [0.15, 0.2) is 18.2 Å². The molecule has 1 rings (SSSR count). The van der Waals surface area contributed by atoms with Gasteiger partial charge in [0.2, 0.25) is 5.91 Å². The quantitative estimate of drug-likeness (QED) is 0.829. The third kappa shape index (κ3) is 3.07. The number of thioether (sulfide) groups is 1. The molecule has 1 aromatic rings. The van der Waals surface area contributed by atoms with E-state index in [1.807, 2.05) is 38.3 Å². The van der Waals surface area contributed by atoms with Gasteiger partial charge in [-0.15, -0.1) is 0 Å². The van der Waals surface area contributed by atoms with Crippen molar-refractivity contribution in [2.75, 3.05) is 17.3 Å². The van der Waals surface area contributed by atoms with Gasteiger partial charge >= 0.3 is 0 Å². The summed E-state index contributed by atoms with van der Waals surface area (Å²) in [5.41, 5.74) is 3.18. The summed E-state index contributed by atoms with van der Waals surface area (Å²) in [6.07, 6.45) is 1.92. The van der Waals surface area contributed by atoms with Gasteiger partial charge < -0.3 is 5.32 Å². The molecule has 0 atom stereocenters. The minimum absolute atomic E-state index is 0.0613. The monoisotopic (exact) mass is 209 g/mol. The largest absolute Gasteiger partial charge is 0.325 e. The van der Waals surface area contributed by atoms with Crippen LogP contribution in [0.2, 0.25) is 0 Å². The van der Waals surface area contributed by atoms with Gasteiger partial charge in [0.05, 0.1) is 5.75 Å². The number of carbonyl (C=O) groups is 1. The highest BCUT2D eigenvalue weighted by atomic mass is 32.2. The summed E-state index contributed by atoms with van der Waals surface area (Å²) >= 11 is 1.53. The molecule has 0 saturated heterocycles. The zero-order chi connectivity index (χ0) is 10.6. The number of amides is 1. The minimum Gasteiger partial charge on any atom is -0.325 e. The van der Waals surface area contributed by atoms with Crippen molar-refractivity contribution >= 4 is 23.4 Å². The molecule has 0 radical (unpaired) electrons. The number of benzene rings is 1. The fourth-order valence-corrected chi connectivity index (χ4v) is 1.52. The maximum Gasteiger partial charge on any atom is 0.234 e. The Bertz CT molecular complexity index is 336. The lowest BCUT2D eigenvalue weighted by Crippen LogP contribution is -2.14. The van der Waals surface area contributed by atoms with E-state index in [0.717, 1.165) is 16.8 Å². The van der Waals surface area contributed by atoms with Crippen LogP contribution in [-0.4, -0.2) is 17.9 Å². The predicted molar refractivity (Wildman–Crippen MR) is 62.9 cm³/mol. The summed E-state index contributed by atoms with van der Waals surface area (Å²) in [7, 11) is 0. The normalized spacial score (nSPS) is 9.93. The number of aryl methyl sites for hydroxylation is 2. The van der Waals surface area contributed by atoms with Gasteiger partial charge in [-0.05, 0) is 37.3 Å². The lowest BCUT2D eigenvalue weighted by atomic mass is 10.1. The van der Waals surface area contributed by atoms with Crippen molar-refractivity contribution in [3.05, 3.63) is 29.3 Å². The molecule has 0 unspecified atom stereocenters. The van der Waals surface area contributed by atoms with Crippen LogP contribution >= 0.6 is 11.8 Å². The minimum atomic E-state index is 0.0613. The smallest absolute Gasteiger partial charge is 0.234 e. The maximum atomic E-state index is 11.3. The van der Waals surface area contributed by atoms with Crippen LogP contribution in [0.25, 0.3) is 0 Å². The highest BCUT2D eigenvalue weighted by molar-refractivity contribution is 7.99. The first kappa shape index (κ1) is 11.1. The van der Waals surface area contributed by atoms with Gasteiger partial charge in [0, 0.05) is 5.69 Å². The Morgan fingerprint density at radius 2 is 2.14 bits per heavy atom. The molecular weight excluding hydrogens is 194 g/mol. The fourth-order valence-electron chi connectivity index (χ4n) is 1.19. The van der Waals surface area contributed by atoms with E-state index >= 15 is 0 Å². The van der Waals surface area contributed by atoms with Gasteiger partial charge in [-0.3, -0.25) is 4.79 Å². The molecular formula is C11H15NOS. The van der Waals surface area contributed by atoms with Gasteiger partial charge in [-0.1, -0.05) is 12.1 Å². The van der Waals surface area contributed by atoms with Crippen molar-refractivity contribution in [2.24, 2.45) is 0 Å². The highest BCUT2D eigenvalue weighted by Crippen LogP contribution is 2.16. The number of nitrogens with one attached hydrogen (secondary N) is 1. The number of anilines is 1. The summed E-state index contributed by atoms with van der Waals surface area (Å²) in [6, 6.07) is 6.05. The zero-order valence-corrected chi connectivity index (χ0v) is 9.57. The molecule has 1 N–H and O–H groups in total. The van der Waals surface area contributed by atoms with Gasteiger partial charge in [0.25, 0.3) is 0 Å². The van der Waals surface area contributed by atoms with Crippen LogP contribution in [-0.2, 0) is 4.79 Å². The first-order valence-electron chi connectivity index (χ1n) is 4.49. The Balaban J connectivity index is 2.75. The summed E-state index contributed by atoms with van der Waals surface area (Å²) in [5.74, 6) is 0.569. The van der Waals surface area contributed by atoms with Crippen molar-refractivity contribution in [2.45, 2.75) is 13.8 Å². The van der Waals surface area contributed by atoms with E-state index in [0.29, 0.717) is 5.75 Å². The molecule has 76 valence electrons. The summed E-state index contributed by atoms with van der Waals surface area (Å²) < 4.78 is 0. The van der Waals surface area contributed by atoms with Crippen LogP contribution in [0, 0.1) is 13.8 Å². The van der Waals surface area contributed by atoms with Crippen molar-refractivity contribution in [3.8, 4) is 0 Å². The molecule has 0 saturated carbocycles. The van der Waals surface area contributed by atoms with E-state index in [4.69, 9.17) is 0 Å². The summed E-state index contributed by atoms with van der Waals surface area (Å²) in [6.45, 7) is 4.01. The standard InChI is InChI=1S/C11H15NOS/c1-8-4-5-9(2)10(6-8)12-11(13)7-14-3/h4-6H,7H2,1-3H3,(H,12,13). The molecule has 3 heteroatoms. The first-order chi connectivity index (χ1) is 6.63. The van der Waals surface area contributed by atoms with E-state index in [1.54, 1.807) is 0 Å². The number of hydrogen-bond acceptors (Lipinski definition) is 2. The second-order valence-electron chi connectivity index (χ2n) is 3.30. The van der Waals surface area contributed by atoms with E-state index in [-0.39, 0.29) is 5.91 Å². The predicted octanol–water partition coefficient (Wildman–Crippen LogP) is 2.60. The lowest BCUT2D eigenvalue weighted by molar-refractivity contribution is -0.113. The Hall–Kier alpha value is -0.960. The summed E-state index contributed by atoms with van der Waals surface area (Å²) in [5, 5.41) is 2.89. The number of hydrogen-bond donors (Lipinski definition) is 1. The third-order valence-electron chi connectivity index (χ3n) is 1.94. The molecule has 0 fully saturated rings. The maximum absolute atomic E-state index is 11.3.